The lowest BCUT2D eigenvalue weighted by molar-refractivity contribution is -0.129. The number of piperidine rings is 1. The summed E-state index contributed by atoms with van der Waals surface area (Å²) in [7, 11) is 0. The topological polar surface area (TPSA) is 58.4 Å². The minimum Gasteiger partial charge on any atom is -0.293 e. The zero-order valence-electron chi connectivity index (χ0n) is 10.8. The fourth-order valence-corrected chi connectivity index (χ4v) is 3.72. The van der Waals surface area contributed by atoms with Crippen molar-refractivity contribution in [2.45, 2.75) is 64.0 Å². The normalized spacial score (nSPS) is 31.6. The van der Waals surface area contributed by atoms with Crippen LogP contribution in [0.1, 0.15) is 51.9 Å². The molecule has 2 fully saturated rings. The summed E-state index contributed by atoms with van der Waals surface area (Å²) in [4.78, 5) is 14.3. The Morgan fingerprint density at radius 3 is 2.76 bits per heavy atom. The highest BCUT2D eigenvalue weighted by Gasteiger charge is 2.38. The molecule has 0 bridgehead atoms. The summed E-state index contributed by atoms with van der Waals surface area (Å²) in [5.74, 6) is 6.10. The number of fused-ring (bicyclic) bond motifs is 1. The van der Waals surface area contributed by atoms with Crippen LogP contribution >= 0.6 is 0 Å². The quantitative estimate of drug-likeness (QED) is 0.445. The van der Waals surface area contributed by atoms with Gasteiger partial charge in [0.2, 0.25) is 0 Å². The molecule has 0 aromatic heterocycles. The second-order valence-electron chi connectivity index (χ2n) is 5.42. The van der Waals surface area contributed by atoms with Gasteiger partial charge in [0.25, 0.3) is 5.91 Å². The molecule has 3 atom stereocenters. The van der Waals surface area contributed by atoms with Gasteiger partial charge in [-0.1, -0.05) is 19.8 Å². The maximum atomic E-state index is 11.8. The Kier molecular flexibility index (Phi) is 4.40. The van der Waals surface area contributed by atoms with E-state index in [4.69, 9.17) is 5.84 Å². The number of rotatable bonds is 3. The van der Waals surface area contributed by atoms with Crippen LogP contribution in [0.5, 0.6) is 0 Å². The van der Waals surface area contributed by atoms with Crippen LogP contribution in [0.15, 0.2) is 0 Å². The second kappa shape index (κ2) is 5.83. The first kappa shape index (κ1) is 12.8. The van der Waals surface area contributed by atoms with E-state index < -0.39 is 0 Å². The molecular formula is C13H25N3O. The first-order valence-electron chi connectivity index (χ1n) is 7.04. The smallest absolute Gasteiger partial charge is 0.251 e. The summed E-state index contributed by atoms with van der Waals surface area (Å²) in [6, 6.07) is 0.602. The molecule has 1 aliphatic heterocycles. The van der Waals surface area contributed by atoms with Gasteiger partial charge in [-0.05, 0) is 44.6 Å². The van der Waals surface area contributed by atoms with Crippen LogP contribution in [0.25, 0.3) is 0 Å². The first-order valence-corrected chi connectivity index (χ1v) is 7.04. The number of amides is 1. The van der Waals surface area contributed by atoms with Gasteiger partial charge < -0.3 is 0 Å². The van der Waals surface area contributed by atoms with E-state index in [1.807, 2.05) is 0 Å². The number of hydrogen-bond donors (Lipinski definition) is 2. The maximum absolute atomic E-state index is 11.8. The Bertz CT molecular complexity index is 267. The number of hydrogen-bond acceptors (Lipinski definition) is 3. The Morgan fingerprint density at radius 2 is 2.06 bits per heavy atom. The fraction of sp³-hybridized carbons (Fsp3) is 0.923. The van der Waals surface area contributed by atoms with Gasteiger partial charge >= 0.3 is 0 Å². The lowest BCUT2D eigenvalue weighted by Gasteiger charge is -2.46. The van der Waals surface area contributed by atoms with Crippen molar-refractivity contribution in [3.63, 3.8) is 0 Å². The molecule has 4 nitrogen and oxygen atoms in total. The van der Waals surface area contributed by atoms with Gasteiger partial charge in [-0.25, -0.2) is 5.84 Å². The molecule has 2 aliphatic rings. The standard InChI is InChI=1S/C13H25N3O/c1-2-11(13(17)15-14)16-9-5-7-10-6-3-4-8-12(10)16/h10-12H,2-9,14H2,1H3,(H,15,17). The molecule has 3 unspecified atom stereocenters. The summed E-state index contributed by atoms with van der Waals surface area (Å²) in [6.45, 7) is 3.14. The van der Waals surface area contributed by atoms with Crippen LogP contribution in [0.3, 0.4) is 0 Å². The summed E-state index contributed by atoms with van der Waals surface area (Å²) in [5, 5.41) is 0. The fourth-order valence-electron chi connectivity index (χ4n) is 3.72. The van der Waals surface area contributed by atoms with Crippen molar-refractivity contribution in [2.24, 2.45) is 11.8 Å². The summed E-state index contributed by atoms with van der Waals surface area (Å²) >= 11 is 0. The molecule has 0 radical (unpaired) electrons. The van der Waals surface area contributed by atoms with E-state index >= 15 is 0 Å². The third-order valence-corrected chi connectivity index (χ3v) is 4.52. The summed E-state index contributed by atoms with van der Waals surface area (Å²) < 4.78 is 0. The molecule has 2 rings (SSSR count). The Morgan fingerprint density at radius 1 is 1.35 bits per heavy atom. The average Bonchev–Trinajstić information content (AvgIpc) is 2.39. The van der Waals surface area contributed by atoms with Gasteiger partial charge in [0.05, 0.1) is 6.04 Å². The lowest BCUT2D eigenvalue weighted by atomic mass is 9.77. The summed E-state index contributed by atoms with van der Waals surface area (Å²) in [5.41, 5.74) is 2.33. The lowest BCUT2D eigenvalue weighted by Crippen LogP contribution is -2.57. The minimum absolute atomic E-state index is 0.0151. The largest absolute Gasteiger partial charge is 0.293 e. The van der Waals surface area contributed by atoms with Gasteiger partial charge in [0.15, 0.2) is 0 Å². The SMILES string of the molecule is CCC(C(=O)NN)N1CCCC2CCCCC21. The highest BCUT2D eigenvalue weighted by molar-refractivity contribution is 5.81. The zero-order chi connectivity index (χ0) is 12.3. The predicted octanol–water partition coefficient (Wildman–Crippen LogP) is 1.41. The van der Waals surface area contributed by atoms with E-state index in [-0.39, 0.29) is 11.9 Å². The number of likely N-dealkylation sites (tertiary alicyclic amines) is 1. The average molecular weight is 239 g/mol. The van der Waals surface area contributed by atoms with Gasteiger partial charge in [-0.3, -0.25) is 15.1 Å². The second-order valence-corrected chi connectivity index (χ2v) is 5.42. The molecule has 4 heteroatoms. The van der Waals surface area contributed by atoms with Crippen LogP contribution in [0, 0.1) is 5.92 Å². The zero-order valence-corrected chi connectivity index (χ0v) is 10.8. The van der Waals surface area contributed by atoms with E-state index in [1.54, 1.807) is 0 Å². The van der Waals surface area contributed by atoms with Gasteiger partial charge in [-0.2, -0.15) is 0 Å². The predicted molar refractivity (Wildman–Crippen MR) is 68.1 cm³/mol. The van der Waals surface area contributed by atoms with Gasteiger partial charge in [0.1, 0.15) is 0 Å². The van der Waals surface area contributed by atoms with E-state index in [0.717, 1.165) is 18.9 Å². The van der Waals surface area contributed by atoms with Crippen LogP contribution < -0.4 is 11.3 Å². The molecule has 17 heavy (non-hydrogen) atoms. The number of carbonyl (C=O) groups excluding carboxylic acids is 1. The van der Waals surface area contributed by atoms with E-state index in [1.165, 1.54) is 38.5 Å². The molecule has 0 spiro atoms. The van der Waals surface area contributed by atoms with E-state index in [2.05, 4.69) is 17.2 Å². The molecular weight excluding hydrogens is 214 g/mol. The number of nitrogens with two attached hydrogens (primary N) is 1. The molecule has 3 N–H and O–H groups in total. The number of hydrazine groups is 1. The van der Waals surface area contributed by atoms with E-state index in [0.29, 0.717) is 6.04 Å². The number of carbonyl (C=O) groups is 1. The van der Waals surface area contributed by atoms with Gasteiger partial charge in [-0.15, -0.1) is 0 Å². The third-order valence-electron chi connectivity index (χ3n) is 4.52. The van der Waals surface area contributed by atoms with E-state index in [9.17, 15) is 4.79 Å². The Hall–Kier alpha value is -0.610. The van der Waals surface area contributed by atoms with Crippen molar-refractivity contribution >= 4 is 5.91 Å². The Balaban J connectivity index is 2.08. The molecule has 0 aromatic carbocycles. The molecule has 1 amide bonds. The van der Waals surface area contributed by atoms with Crippen molar-refractivity contribution in [3.05, 3.63) is 0 Å². The molecule has 1 saturated heterocycles. The molecule has 1 aliphatic carbocycles. The number of nitrogens with one attached hydrogen (secondary N) is 1. The van der Waals surface area contributed by atoms with Crippen molar-refractivity contribution in [2.75, 3.05) is 6.54 Å². The highest BCUT2D eigenvalue weighted by Crippen LogP contribution is 2.36. The monoisotopic (exact) mass is 239 g/mol. The molecule has 98 valence electrons. The molecule has 1 saturated carbocycles. The van der Waals surface area contributed by atoms with Gasteiger partial charge in [0, 0.05) is 6.04 Å². The number of nitrogens with zero attached hydrogens (tertiary/aromatic N) is 1. The van der Waals surface area contributed by atoms with Crippen molar-refractivity contribution in [1.29, 1.82) is 0 Å². The minimum atomic E-state index is -0.0223. The third kappa shape index (κ3) is 2.63. The van der Waals surface area contributed by atoms with Crippen LogP contribution in [0.2, 0.25) is 0 Å². The molecule has 1 heterocycles. The molecule has 0 aromatic rings. The Labute approximate surface area is 104 Å². The van der Waals surface area contributed by atoms with Crippen LogP contribution in [0.4, 0.5) is 0 Å². The summed E-state index contributed by atoms with van der Waals surface area (Å²) in [6.07, 6.45) is 8.73. The highest BCUT2D eigenvalue weighted by atomic mass is 16.2. The van der Waals surface area contributed by atoms with Crippen LogP contribution in [-0.2, 0) is 4.79 Å². The van der Waals surface area contributed by atoms with Crippen molar-refractivity contribution < 1.29 is 4.79 Å². The first-order chi connectivity index (χ1) is 8.27. The van der Waals surface area contributed by atoms with Crippen LogP contribution in [-0.4, -0.2) is 29.4 Å². The van der Waals surface area contributed by atoms with Crippen molar-refractivity contribution in [1.82, 2.24) is 10.3 Å². The maximum Gasteiger partial charge on any atom is 0.251 e. The van der Waals surface area contributed by atoms with Crippen molar-refractivity contribution in [3.8, 4) is 0 Å².